The van der Waals surface area contributed by atoms with Gasteiger partial charge in [-0.25, -0.2) is 5.01 Å². The lowest BCUT2D eigenvalue weighted by atomic mass is 10.00. The molecule has 6 heteroatoms. The molecule has 4 rings (SSSR count). The molecule has 1 atom stereocenters. The van der Waals surface area contributed by atoms with Gasteiger partial charge in [-0.1, -0.05) is 18.2 Å². The number of nitrogens with zero attached hydrogens (tertiary/aromatic N) is 2. The Bertz CT molecular complexity index is 882. The zero-order valence-corrected chi connectivity index (χ0v) is 12.6. The van der Waals surface area contributed by atoms with Crippen LogP contribution in [0, 0.1) is 0 Å². The number of rotatable bonds is 3. The van der Waals surface area contributed by atoms with Crippen molar-refractivity contribution in [2.45, 2.75) is 12.5 Å². The quantitative estimate of drug-likeness (QED) is 0.799. The van der Waals surface area contributed by atoms with Crippen molar-refractivity contribution < 1.29 is 18.7 Å². The summed E-state index contributed by atoms with van der Waals surface area (Å²) in [6.45, 7) is 0. The molecule has 0 aliphatic carbocycles. The molecule has 1 aromatic carbocycles. The van der Waals surface area contributed by atoms with Gasteiger partial charge in [0.05, 0.1) is 18.6 Å². The SMILES string of the molecule is O=C(c1ccco1)N1N=C(c2ccco2)C[C@H]1c1ccccc1O. The largest absolute Gasteiger partial charge is 0.508 e. The van der Waals surface area contributed by atoms with Crippen LogP contribution in [-0.2, 0) is 0 Å². The lowest BCUT2D eigenvalue weighted by Crippen LogP contribution is -2.26. The summed E-state index contributed by atoms with van der Waals surface area (Å²) in [5.41, 5.74) is 1.27. The van der Waals surface area contributed by atoms with E-state index < -0.39 is 6.04 Å². The van der Waals surface area contributed by atoms with Crippen LogP contribution in [0.25, 0.3) is 0 Å². The summed E-state index contributed by atoms with van der Waals surface area (Å²) in [5.74, 6) is 0.551. The lowest BCUT2D eigenvalue weighted by Gasteiger charge is -2.21. The van der Waals surface area contributed by atoms with Gasteiger partial charge in [0.2, 0.25) is 0 Å². The van der Waals surface area contributed by atoms with E-state index >= 15 is 0 Å². The van der Waals surface area contributed by atoms with Crippen LogP contribution in [0.2, 0.25) is 0 Å². The monoisotopic (exact) mass is 322 g/mol. The van der Waals surface area contributed by atoms with Gasteiger partial charge in [0, 0.05) is 12.0 Å². The van der Waals surface area contributed by atoms with Crippen LogP contribution in [0.3, 0.4) is 0 Å². The maximum atomic E-state index is 12.7. The molecule has 3 aromatic rings. The molecule has 2 aromatic heterocycles. The van der Waals surface area contributed by atoms with Crippen molar-refractivity contribution >= 4 is 11.6 Å². The number of hydrazone groups is 1. The summed E-state index contributed by atoms with van der Waals surface area (Å²) >= 11 is 0. The van der Waals surface area contributed by atoms with Gasteiger partial charge in [-0.15, -0.1) is 0 Å². The molecule has 6 nitrogen and oxygen atoms in total. The summed E-state index contributed by atoms with van der Waals surface area (Å²) in [7, 11) is 0. The Morgan fingerprint density at radius 3 is 2.58 bits per heavy atom. The molecule has 0 fully saturated rings. The van der Waals surface area contributed by atoms with E-state index in [4.69, 9.17) is 8.83 Å². The normalized spacial score (nSPS) is 17.1. The molecule has 1 amide bonds. The van der Waals surface area contributed by atoms with Crippen molar-refractivity contribution in [3.63, 3.8) is 0 Å². The van der Waals surface area contributed by atoms with Crippen LogP contribution in [0.5, 0.6) is 5.75 Å². The van der Waals surface area contributed by atoms with E-state index in [1.54, 1.807) is 48.7 Å². The Morgan fingerprint density at radius 1 is 1.08 bits per heavy atom. The van der Waals surface area contributed by atoms with Crippen molar-refractivity contribution in [2.24, 2.45) is 5.10 Å². The highest BCUT2D eigenvalue weighted by Crippen LogP contribution is 2.37. The number of furan rings is 2. The molecule has 120 valence electrons. The highest BCUT2D eigenvalue weighted by atomic mass is 16.3. The molecular weight excluding hydrogens is 308 g/mol. The highest BCUT2D eigenvalue weighted by Gasteiger charge is 2.36. The zero-order chi connectivity index (χ0) is 16.5. The maximum Gasteiger partial charge on any atom is 0.310 e. The van der Waals surface area contributed by atoms with E-state index in [2.05, 4.69) is 5.10 Å². The first-order valence-corrected chi connectivity index (χ1v) is 7.50. The molecule has 0 saturated carbocycles. The first kappa shape index (κ1) is 14.3. The Balaban J connectivity index is 1.75. The summed E-state index contributed by atoms with van der Waals surface area (Å²) in [5, 5.41) is 15.9. The van der Waals surface area contributed by atoms with Crippen molar-refractivity contribution in [2.75, 3.05) is 0 Å². The summed E-state index contributed by atoms with van der Waals surface area (Å²) in [6, 6.07) is 13.3. The van der Waals surface area contributed by atoms with Crippen molar-refractivity contribution in [1.29, 1.82) is 0 Å². The molecule has 0 bridgehead atoms. The number of amides is 1. The number of hydrogen-bond acceptors (Lipinski definition) is 5. The van der Waals surface area contributed by atoms with Gasteiger partial charge in [0.1, 0.15) is 17.2 Å². The van der Waals surface area contributed by atoms with E-state index in [0.717, 1.165) is 0 Å². The van der Waals surface area contributed by atoms with Crippen molar-refractivity contribution in [1.82, 2.24) is 5.01 Å². The second kappa shape index (κ2) is 5.73. The molecule has 0 unspecified atom stereocenters. The Hall–Kier alpha value is -3.28. The molecule has 1 N–H and O–H groups in total. The number of hydrogen-bond donors (Lipinski definition) is 1. The van der Waals surface area contributed by atoms with Crippen LogP contribution < -0.4 is 0 Å². The minimum Gasteiger partial charge on any atom is -0.508 e. The Morgan fingerprint density at radius 2 is 1.88 bits per heavy atom. The fraction of sp³-hybridized carbons (Fsp3) is 0.111. The Labute approximate surface area is 137 Å². The van der Waals surface area contributed by atoms with Crippen LogP contribution in [0.1, 0.15) is 34.3 Å². The summed E-state index contributed by atoms with van der Waals surface area (Å²) in [6.07, 6.45) is 3.44. The standard InChI is InChI=1S/C18H14N2O4/c21-15-6-2-1-5-12(15)14-11-13(16-7-3-9-23-16)19-20(14)18(22)17-8-4-10-24-17/h1-10,14,21H,11H2/t14-/m0/s1. The fourth-order valence-corrected chi connectivity index (χ4v) is 2.81. The third-order valence-corrected chi connectivity index (χ3v) is 3.95. The van der Waals surface area contributed by atoms with Crippen LogP contribution in [0.4, 0.5) is 0 Å². The Kier molecular flexibility index (Phi) is 3.42. The predicted octanol–water partition coefficient (Wildman–Crippen LogP) is 3.57. The van der Waals surface area contributed by atoms with Gasteiger partial charge in [-0.2, -0.15) is 5.10 Å². The van der Waals surface area contributed by atoms with Gasteiger partial charge >= 0.3 is 5.91 Å². The van der Waals surface area contributed by atoms with E-state index in [1.165, 1.54) is 11.3 Å². The number of benzene rings is 1. The van der Waals surface area contributed by atoms with Crippen molar-refractivity contribution in [3.05, 3.63) is 78.1 Å². The highest BCUT2D eigenvalue weighted by molar-refractivity contribution is 6.02. The first-order chi connectivity index (χ1) is 11.7. The second-order valence-corrected chi connectivity index (χ2v) is 5.43. The predicted molar refractivity (Wildman–Crippen MR) is 85.6 cm³/mol. The maximum absolute atomic E-state index is 12.7. The fourth-order valence-electron chi connectivity index (χ4n) is 2.81. The number of phenols is 1. The smallest absolute Gasteiger partial charge is 0.310 e. The number of aromatic hydroxyl groups is 1. The number of para-hydroxylation sites is 1. The number of carbonyl (C=O) groups is 1. The van der Waals surface area contributed by atoms with Gasteiger partial charge in [-0.3, -0.25) is 4.79 Å². The van der Waals surface area contributed by atoms with Crippen LogP contribution in [-0.4, -0.2) is 21.7 Å². The molecule has 24 heavy (non-hydrogen) atoms. The summed E-state index contributed by atoms with van der Waals surface area (Å²) in [4.78, 5) is 12.7. The minimum absolute atomic E-state index is 0.121. The third kappa shape index (κ3) is 2.38. The first-order valence-electron chi connectivity index (χ1n) is 7.50. The van der Waals surface area contributed by atoms with Gasteiger partial charge < -0.3 is 13.9 Å². The topological polar surface area (TPSA) is 79.2 Å². The molecule has 1 aliphatic rings. The second-order valence-electron chi connectivity index (χ2n) is 5.43. The molecule has 0 radical (unpaired) electrons. The van der Waals surface area contributed by atoms with E-state index in [-0.39, 0.29) is 17.4 Å². The van der Waals surface area contributed by atoms with Crippen LogP contribution >= 0.6 is 0 Å². The molecule has 0 spiro atoms. The minimum atomic E-state index is -0.427. The molecule has 1 aliphatic heterocycles. The van der Waals surface area contributed by atoms with Gasteiger partial charge in [0.25, 0.3) is 0 Å². The number of phenolic OH excluding ortho intramolecular Hbond substituents is 1. The van der Waals surface area contributed by atoms with E-state index in [1.807, 2.05) is 6.07 Å². The van der Waals surface area contributed by atoms with E-state index in [0.29, 0.717) is 23.5 Å². The average molecular weight is 322 g/mol. The van der Waals surface area contributed by atoms with Gasteiger partial charge in [0.15, 0.2) is 5.76 Å². The molecule has 0 saturated heterocycles. The van der Waals surface area contributed by atoms with Crippen molar-refractivity contribution in [3.8, 4) is 5.75 Å². The van der Waals surface area contributed by atoms with Crippen LogP contribution in [0.15, 0.2) is 75.0 Å². The lowest BCUT2D eigenvalue weighted by molar-refractivity contribution is 0.0677. The van der Waals surface area contributed by atoms with Gasteiger partial charge in [-0.05, 0) is 30.3 Å². The van der Waals surface area contributed by atoms with E-state index in [9.17, 15) is 9.90 Å². The zero-order valence-electron chi connectivity index (χ0n) is 12.6. The molecule has 3 heterocycles. The third-order valence-electron chi connectivity index (χ3n) is 3.95. The average Bonchev–Trinajstić information content (AvgIpc) is 3.34. The summed E-state index contributed by atoms with van der Waals surface area (Å²) < 4.78 is 10.6. The number of carbonyl (C=O) groups excluding carboxylic acids is 1. The molecular formula is C18H14N2O4.